The highest BCUT2D eigenvalue weighted by atomic mass is 16.4. The summed E-state index contributed by atoms with van der Waals surface area (Å²) in [6.07, 6.45) is 5.89. The molecular weight excluding hydrogens is 294 g/mol. The number of carboxylic acids is 1. The molecule has 2 aromatic rings. The highest BCUT2D eigenvalue weighted by molar-refractivity contribution is 5.87. The van der Waals surface area contributed by atoms with Crippen molar-refractivity contribution in [3.63, 3.8) is 0 Å². The predicted octanol–water partition coefficient (Wildman–Crippen LogP) is 2.94. The second-order valence-corrected chi connectivity index (χ2v) is 6.53. The first-order chi connectivity index (χ1) is 11.0. The summed E-state index contributed by atoms with van der Waals surface area (Å²) < 4.78 is 0. The second-order valence-electron chi connectivity index (χ2n) is 6.53. The topological polar surface area (TPSA) is 95.0 Å². The van der Waals surface area contributed by atoms with Crippen molar-refractivity contribution >= 4 is 23.1 Å². The molecule has 2 N–H and O–H groups in total. The molecule has 23 heavy (non-hydrogen) atoms. The van der Waals surface area contributed by atoms with E-state index >= 15 is 0 Å². The number of carboxylic acid groups (broad SMARTS) is 1. The number of hydrogen-bond acceptors (Lipinski definition) is 5. The van der Waals surface area contributed by atoms with Crippen molar-refractivity contribution in [3.8, 4) is 0 Å². The lowest BCUT2D eigenvalue weighted by atomic mass is 9.86. The molecule has 7 heteroatoms. The summed E-state index contributed by atoms with van der Waals surface area (Å²) in [7, 11) is 2.00. The van der Waals surface area contributed by atoms with E-state index in [1.54, 1.807) is 0 Å². The molecule has 1 aliphatic rings. The SMILES string of the molecule is CC(C)N(C)c1nc2[nH]c(C(=O)O)nc2nc1C1CCCCC1. The maximum atomic E-state index is 11.1. The van der Waals surface area contributed by atoms with E-state index in [-0.39, 0.29) is 11.9 Å². The fraction of sp³-hybridized carbons (Fsp3) is 0.625. The van der Waals surface area contributed by atoms with E-state index in [0.717, 1.165) is 24.4 Å². The zero-order valence-electron chi connectivity index (χ0n) is 13.8. The van der Waals surface area contributed by atoms with Crippen molar-refractivity contribution in [2.45, 2.75) is 57.9 Å². The zero-order chi connectivity index (χ0) is 16.6. The van der Waals surface area contributed by atoms with Crippen LogP contribution in [-0.4, -0.2) is 44.1 Å². The Morgan fingerprint density at radius 3 is 2.52 bits per heavy atom. The van der Waals surface area contributed by atoms with Gasteiger partial charge in [0.2, 0.25) is 5.82 Å². The number of aromatic nitrogens is 4. The van der Waals surface area contributed by atoms with E-state index in [0.29, 0.717) is 17.2 Å². The third-order valence-corrected chi connectivity index (χ3v) is 4.64. The number of nitrogens with one attached hydrogen (secondary N) is 1. The van der Waals surface area contributed by atoms with Crippen LogP contribution in [0.1, 0.15) is 68.2 Å². The number of aromatic amines is 1. The summed E-state index contributed by atoms with van der Waals surface area (Å²) in [5.41, 5.74) is 1.78. The molecule has 0 bridgehead atoms. The first-order valence-electron chi connectivity index (χ1n) is 8.21. The van der Waals surface area contributed by atoms with Crippen LogP contribution >= 0.6 is 0 Å². The zero-order valence-corrected chi connectivity index (χ0v) is 13.8. The van der Waals surface area contributed by atoms with E-state index < -0.39 is 5.97 Å². The van der Waals surface area contributed by atoms with Gasteiger partial charge in [-0.3, -0.25) is 0 Å². The van der Waals surface area contributed by atoms with Crippen LogP contribution in [0.15, 0.2) is 0 Å². The monoisotopic (exact) mass is 317 g/mol. The van der Waals surface area contributed by atoms with Crippen LogP contribution < -0.4 is 4.90 Å². The summed E-state index contributed by atoms with van der Waals surface area (Å²) in [6, 6.07) is 0.283. The second kappa shape index (κ2) is 6.14. The van der Waals surface area contributed by atoms with Crippen LogP contribution in [0, 0.1) is 0 Å². The minimum absolute atomic E-state index is 0.112. The quantitative estimate of drug-likeness (QED) is 0.900. The van der Waals surface area contributed by atoms with Crippen molar-refractivity contribution in [1.29, 1.82) is 0 Å². The molecule has 1 aliphatic carbocycles. The maximum Gasteiger partial charge on any atom is 0.372 e. The average Bonchev–Trinajstić information content (AvgIpc) is 2.97. The third-order valence-electron chi connectivity index (χ3n) is 4.64. The Bertz CT molecular complexity index is 719. The van der Waals surface area contributed by atoms with Gasteiger partial charge in [0.15, 0.2) is 17.1 Å². The van der Waals surface area contributed by atoms with Gasteiger partial charge < -0.3 is 15.0 Å². The van der Waals surface area contributed by atoms with E-state index in [1.807, 2.05) is 7.05 Å². The largest absolute Gasteiger partial charge is 0.475 e. The van der Waals surface area contributed by atoms with Gasteiger partial charge >= 0.3 is 5.97 Å². The summed E-state index contributed by atoms with van der Waals surface area (Å²) in [5.74, 6) is 0.00328. The molecule has 7 nitrogen and oxygen atoms in total. The molecule has 0 radical (unpaired) electrons. The molecule has 1 saturated carbocycles. The summed E-state index contributed by atoms with van der Waals surface area (Å²) in [6.45, 7) is 4.21. The number of fused-ring (bicyclic) bond motifs is 1. The van der Waals surface area contributed by atoms with Crippen molar-refractivity contribution in [2.75, 3.05) is 11.9 Å². The predicted molar refractivity (Wildman–Crippen MR) is 88.0 cm³/mol. The minimum Gasteiger partial charge on any atom is -0.475 e. The number of nitrogens with zero attached hydrogens (tertiary/aromatic N) is 4. The molecule has 0 spiro atoms. The number of anilines is 1. The van der Waals surface area contributed by atoms with Gasteiger partial charge in [0.05, 0.1) is 5.69 Å². The molecule has 0 aromatic carbocycles. The van der Waals surface area contributed by atoms with Gasteiger partial charge in [-0.05, 0) is 26.7 Å². The Balaban J connectivity index is 2.12. The molecule has 124 valence electrons. The number of aromatic carboxylic acids is 1. The van der Waals surface area contributed by atoms with Gasteiger partial charge in [-0.1, -0.05) is 19.3 Å². The smallest absolute Gasteiger partial charge is 0.372 e. The molecule has 2 heterocycles. The highest BCUT2D eigenvalue weighted by Gasteiger charge is 2.25. The fourth-order valence-corrected chi connectivity index (χ4v) is 3.09. The van der Waals surface area contributed by atoms with Crippen molar-refractivity contribution in [2.24, 2.45) is 0 Å². The molecule has 3 rings (SSSR count). The van der Waals surface area contributed by atoms with Gasteiger partial charge in [0.1, 0.15) is 0 Å². The normalized spacial score (nSPS) is 16.2. The molecule has 2 aromatic heterocycles. The Hall–Kier alpha value is -2.18. The van der Waals surface area contributed by atoms with Crippen molar-refractivity contribution < 1.29 is 9.90 Å². The minimum atomic E-state index is -1.09. The lowest BCUT2D eigenvalue weighted by molar-refractivity contribution is 0.0685. The fourth-order valence-electron chi connectivity index (χ4n) is 3.09. The number of imidazole rings is 1. The molecular formula is C16H23N5O2. The van der Waals surface area contributed by atoms with Crippen LogP contribution in [0.25, 0.3) is 11.3 Å². The van der Waals surface area contributed by atoms with E-state index in [9.17, 15) is 4.79 Å². The van der Waals surface area contributed by atoms with Gasteiger partial charge in [-0.15, -0.1) is 0 Å². The highest BCUT2D eigenvalue weighted by Crippen LogP contribution is 2.36. The molecule has 0 aliphatic heterocycles. The van der Waals surface area contributed by atoms with Crippen molar-refractivity contribution in [3.05, 3.63) is 11.5 Å². The number of hydrogen-bond donors (Lipinski definition) is 2. The van der Waals surface area contributed by atoms with Gasteiger partial charge in [0, 0.05) is 19.0 Å². The van der Waals surface area contributed by atoms with Crippen LogP contribution in [0.4, 0.5) is 5.82 Å². The lowest BCUT2D eigenvalue weighted by Gasteiger charge is -2.28. The first-order valence-corrected chi connectivity index (χ1v) is 8.21. The molecule has 1 fully saturated rings. The number of carbonyl (C=O) groups is 1. The van der Waals surface area contributed by atoms with Gasteiger partial charge in [0.25, 0.3) is 0 Å². The Labute approximate surface area is 135 Å². The lowest BCUT2D eigenvalue weighted by Crippen LogP contribution is -2.29. The van der Waals surface area contributed by atoms with E-state index in [4.69, 9.17) is 10.1 Å². The Morgan fingerprint density at radius 2 is 1.91 bits per heavy atom. The molecule has 0 amide bonds. The first kappa shape index (κ1) is 15.7. The molecule has 0 atom stereocenters. The van der Waals surface area contributed by atoms with Crippen LogP contribution in [0.3, 0.4) is 0 Å². The van der Waals surface area contributed by atoms with Gasteiger partial charge in [-0.25, -0.2) is 19.7 Å². The Kier molecular flexibility index (Phi) is 4.19. The van der Waals surface area contributed by atoms with E-state index in [1.165, 1.54) is 19.3 Å². The van der Waals surface area contributed by atoms with Crippen LogP contribution in [0.2, 0.25) is 0 Å². The standard InChI is InChI=1S/C16H23N5O2/c1-9(2)21(3)15-11(10-7-5-4-6-8-10)17-12-13(20-15)19-14(18-12)16(22)23/h9-10H,4-8H2,1-3H3,(H,22,23)(H,17,18,19,20). The van der Waals surface area contributed by atoms with Crippen molar-refractivity contribution in [1.82, 2.24) is 19.9 Å². The number of rotatable bonds is 4. The summed E-state index contributed by atoms with van der Waals surface area (Å²) in [4.78, 5) is 29.4. The maximum absolute atomic E-state index is 11.1. The average molecular weight is 317 g/mol. The Morgan fingerprint density at radius 1 is 1.22 bits per heavy atom. The summed E-state index contributed by atoms with van der Waals surface area (Å²) in [5, 5.41) is 9.11. The number of H-pyrrole nitrogens is 1. The van der Waals surface area contributed by atoms with Crippen LogP contribution in [-0.2, 0) is 0 Å². The van der Waals surface area contributed by atoms with Gasteiger partial charge in [-0.2, -0.15) is 0 Å². The molecule has 0 unspecified atom stereocenters. The molecule has 0 saturated heterocycles. The van der Waals surface area contributed by atoms with Crippen LogP contribution in [0.5, 0.6) is 0 Å². The van der Waals surface area contributed by atoms with E-state index in [2.05, 4.69) is 33.7 Å². The third kappa shape index (κ3) is 3.00. The summed E-state index contributed by atoms with van der Waals surface area (Å²) >= 11 is 0.